The van der Waals surface area contributed by atoms with Crippen molar-refractivity contribution in [1.29, 1.82) is 0 Å². The fourth-order valence-corrected chi connectivity index (χ4v) is 4.10. The minimum absolute atomic E-state index is 0.0262. The smallest absolute Gasteiger partial charge is 0.330 e. The second-order valence-corrected chi connectivity index (χ2v) is 8.35. The Kier molecular flexibility index (Phi) is 7.36. The van der Waals surface area contributed by atoms with Crippen LogP contribution in [0.25, 0.3) is 28.1 Å². The molecule has 0 fully saturated rings. The van der Waals surface area contributed by atoms with Gasteiger partial charge in [-0.15, -0.1) is 0 Å². The number of nitrogens with one attached hydrogen (secondary N) is 1. The summed E-state index contributed by atoms with van der Waals surface area (Å²) in [5, 5.41) is 1.81. The predicted molar refractivity (Wildman–Crippen MR) is 137 cm³/mol. The van der Waals surface area contributed by atoms with E-state index < -0.39 is 5.97 Å². The molecule has 0 spiro atoms. The molecule has 0 saturated carbocycles. The number of esters is 1. The molecule has 5 nitrogen and oxygen atoms in total. The molecule has 0 amide bonds. The number of hydrogen-bond acceptors (Lipinski definition) is 4. The number of H-pyrrole nitrogens is 1. The van der Waals surface area contributed by atoms with Crippen LogP contribution in [-0.4, -0.2) is 24.7 Å². The van der Waals surface area contributed by atoms with Crippen LogP contribution in [0.3, 0.4) is 0 Å². The molecule has 1 N–H and O–H groups in total. The average Bonchev–Trinajstić information content (AvgIpc) is 2.84. The van der Waals surface area contributed by atoms with Crippen LogP contribution in [0, 0.1) is 0 Å². The highest BCUT2D eigenvalue weighted by atomic mass is 35.5. The molecule has 172 valence electrons. The van der Waals surface area contributed by atoms with Crippen LogP contribution in [0.5, 0.6) is 5.75 Å². The summed E-state index contributed by atoms with van der Waals surface area (Å²) >= 11 is 12.7. The van der Waals surface area contributed by atoms with Gasteiger partial charge in [-0.3, -0.25) is 4.79 Å². The number of aromatic nitrogens is 1. The number of aromatic amines is 1. The topological polar surface area (TPSA) is 68.4 Å². The number of ether oxygens (including phenoxy) is 2. The minimum atomic E-state index is -0.504. The highest BCUT2D eigenvalue weighted by Gasteiger charge is 2.17. The Balaban J connectivity index is 1.58. The number of rotatable bonds is 7. The highest BCUT2D eigenvalue weighted by molar-refractivity contribution is 6.34. The number of methoxy groups -OCH3 is 1. The molecular weight excluding hydrogens is 473 g/mol. The zero-order valence-electron chi connectivity index (χ0n) is 18.3. The quantitative estimate of drug-likeness (QED) is 0.242. The molecule has 0 atom stereocenters. The Bertz CT molecular complexity index is 1430. The third-order valence-corrected chi connectivity index (χ3v) is 5.91. The van der Waals surface area contributed by atoms with Gasteiger partial charge in [0.05, 0.1) is 13.7 Å². The van der Waals surface area contributed by atoms with Crippen molar-refractivity contribution in [3.05, 3.63) is 104 Å². The van der Waals surface area contributed by atoms with E-state index in [2.05, 4.69) is 4.98 Å². The van der Waals surface area contributed by atoms with E-state index >= 15 is 0 Å². The molecule has 0 unspecified atom stereocenters. The zero-order valence-corrected chi connectivity index (χ0v) is 19.8. The fraction of sp³-hybridized carbons (Fsp3) is 0.111. The van der Waals surface area contributed by atoms with Crippen molar-refractivity contribution in [1.82, 2.24) is 4.98 Å². The molecule has 0 aliphatic heterocycles. The molecule has 7 heteroatoms. The van der Waals surface area contributed by atoms with Crippen molar-refractivity contribution in [3.63, 3.8) is 0 Å². The lowest BCUT2D eigenvalue weighted by atomic mass is 9.94. The summed E-state index contributed by atoms with van der Waals surface area (Å²) in [5.74, 6) is 0.228. The summed E-state index contributed by atoms with van der Waals surface area (Å²) in [6.07, 6.45) is 3.21. The maximum absolute atomic E-state index is 13.0. The van der Waals surface area contributed by atoms with Gasteiger partial charge in [0.2, 0.25) is 0 Å². The molecule has 0 bridgehead atoms. The number of pyridine rings is 1. The number of carbonyl (C=O) groups is 1. The van der Waals surface area contributed by atoms with Crippen molar-refractivity contribution in [2.75, 3.05) is 13.7 Å². The van der Waals surface area contributed by atoms with E-state index in [9.17, 15) is 9.59 Å². The number of benzene rings is 3. The van der Waals surface area contributed by atoms with Crippen molar-refractivity contribution in [3.8, 4) is 16.9 Å². The van der Waals surface area contributed by atoms with Crippen LogP contribution in [0.2, 0.25) is 10.0 Å². The predicted octanol–water partition coefficient (Wildman–Crippen LogP) is 6.31. The molecule has 4 rings (SSSR count). The second-order valence-electron chi connectivity index (χ2n) is 7.50. The summed E-state index contributed by atoms with van der Waals surface area (Å²) < 4.78 is 10.5. The Morgan fingerprint density at radius 3 is 2.53 bits per heavy atom. The lowest BCUT2D eigenvalue weighted by Crippen LogP contribution is -2.17. The molecule has 1 aromatic heterocycles. The lowest BCUT2D eigenvalue weighted by Gasteiger charge is -2.14. The minimum Gasteiger partial charge on any atom is -0.497 e. The lowest BCUT2D eigenvalue weighted by molar-refractivity contribution is -0.137. The third-order valence-electron chi connectivity index (χ3n) is 5.34. The van der Waals surface area contributed by atoms with Gasteiger partial charge < -0.3 is 14.5 Å². The van der Waals surface area contributed by atoms with Gasteiger partial charge in [0, 0.05) is 50.1 Å². The standard InChI is InChI=1S/C27H21Cl2NO4/c1-33-19-10-6-17(7-11-19)8-13-25(31)34-15-14-21-26(20-4-2-3-5-23(20)29)22-16-18(28)9-12-24(22)30-27(21)32/h2-13,16H,14-15H2,1H3,(H,30,32)/b13-8+. The Labute approximate surface area is 206 Å². The first kappa shape index (κ1) is 23.6. The van der Waals surface area contributed by atoms with E-state index in [1.807, 2.05) is 30.3 Å². The fourth-order valence-electron chi connectivity index (χ4n) is 3.70. The summed E-state index contributed by atoms with van der Waals surface area (Å²) in [6, 6.07) is 19.8. The van der Waals surface area contributed by atoms with E-state index in [-0.39, 0.29) is 18.6 Å². The molecule has 0 saturated heterocycles. The van der Waals surface area contributed by atoms with Gasteiger partial charge in [-0.1, -0.05) is 53.5 Å². The Morgan fingerprint density at radius 1 is 1.03 bits per heavy atom. The van der Waals surface area contributed by atoms with Crippen LogP contribution in [0.1, 0.15) is 11.1 Å². The SMILES string of the molecule is COc1ccc(/C=C/C(=O)OCCc2c(-c3ccccc3Cl)c3cc(Cl)ccc3[nH]c2=O)cc1. The molecular formula is C27H21Cl2NO4. The summed E-state index contributed by atoms with van der Waals surface area (Å²) in [7, 11) is 1.59. The van der Waals surface area contributed by atoms with E-state index in [1.54, 1.807) is 49.6 Å². The van der Waals surface area contributed by atoms with Crippen LogP contribution < -0.4 is 10.3 Å². The van der Waals surface area contributed by atoms with Gasteiger partial charge in [0.15, 0.2) is 0 Å². The van der Waals surface area contributed by atoms with E-state index in [0.29, 0.717) is 32.3 Å². The second kappa shape index (κ2) is 10.6. The van der Waals surface area contributed by atoms with Crippen molar-refractivity contribution < 1.29 is 14.3 Å². The van der Waals surface area contributed by atoms with Crippen LogP contribution >= 0.6 is 23.2 Å². The normalized spacial score (nSPS) is 11.1. The zero-order chi connectivity index (χ0) is 24.1. The number of fused-ring (bicyclic) bond motifs is 1. The number of hydrogen-bond donors (Lipinski definition) is 1. The van der Waals surface area contributed by atoms with Gasteiger partial charge in [-0.05, 0) is 48.0 Å². The van der Waals surface area contributed by atoms with Crippen LogP contribution in [-0.2, 0) is 16.0 Å². The van der Waals surface area contributed by atoms with Gasteiger partial charge in [-0.25, -0.2) is 4.79 Å². The number of carbonyl (C=O) groups excluding carboxylic acids is 1. The molecule has 0 radical (unpaired) electrons. The van der Waals surface area contributed by atoms with Crippen molar-refractivity contribution in [2.24, 2.45) is 0 Å². The van der Waals surface area contributed by atoms with E-state index in [1.165, 1.54) is 6.08 Å². The third kappa shape index (κ3) is 5.33. The van der Waals surface area contributed by atoms with Gasteiger partial charge in [-0.2, -0.15) is 0 Å². The summed E-state index contributed by atoms with van der Waals surface area (Å²) in [6.45, 7) is 0.0262. The van der Waals surface area contributed by atoms with Crippen molar-refractivity contribution in [2.45, 2.75) is 6.42 Å². The maximum atomic E-state index is 13.0. The monoisotopic (exact) mass is 493 g/mol. The highest BCUT2D eigenvalue weighted by Crippen LogP contribution is 2.35. The summed E-state index contributed by atoms with van der Waals surface area (Å²) in [5.41, 5.74) is 3.07. The van der Waals surface area contributed by atoms with Gasteiger partial charge in [0.1, 0.15) is 5.75 Å². The first-order valence-corrected chi connectivity index (χ1v) is 11.3. The molecule has 1 heterocycles. The van der Waals surface area contributed by atoms with Crippen LogP contribution in [0.4, 0.5) is 0 Å². The first-order valence-electron chi connectivity index (χ1n) is 10.5. The average molecular weight is 494 g/mol. The number of halogens is 2. The first-order chi connectivity index (χ1) is 16.5. The maximum Gasteiger partial charge on any atom is 0.330 e. The van der Waals surface area contributed by atoms with Gasteiger partial charge >= 0.3 is 5.97 Å². The Hall–Kier alpha value is -3.54. The largest absolute Gasteiger partial charge is 0.497 e. The molecule has 0 aliphatic rings. The molecule has 3 aromatic carbocycles. The van der Waals surface area contributed by atoms with E-state index in [4.69, 9.17) is 32.7 Å². The van der Waals surface area contributed by atoms with Gasteiger partial charge in [0.25, 0.3) is 5.56 Å². The Morgan fingerprint density at radius 2 is 1.79 bits per heavy atom. The molecule has 0 aliphatic carbocycles. The molecule has 34 heavy (non-hydrogen) atoms. The van der Waals surface area contributed by atoms with Crippen LogP contribution in [0.15, 0.2) is 77.6 Å². The summed E-state index contributed by atoms with van der Waals surface area (Å²) in [4.78, 5) is 28.1. The molecule has 4 aromatic rings. The van der Waals surface area contributed by atoms with E-state index in [0.717, 1.165) is 16.7 Å². The van der Waals surface area contributed by atoms with Crippen molar-refractivity contribution >= 4 is 46.2 Å².